The summed E-state index contributed by atoms with van der Waals surface area (Å²) >= 11 is 14.6. The summed E-state index contributed by atoms with van der Waals surface area (Å²) < 4.78 is 12.8. The summed E-state index contributed by atoms with van der Waals surface area (Å²) in [5.74, 6) is 12.8. The van der Waals surface area contributed by atoms with E-state index < -0.39 is 47.1 Å². The molecule has 0 spiro atoms. The maximum absolute atomic E-state index is 14.6. The van der Waals surface area contributed by atoms with Crippen LogP contribution in [0.3, 0.4) is 0 Å². The zero-order chi connectivity index (χ0) is 50.6. The van der Waals surface area contributed by atoms with Gasteiger partial charge in [0.25, 0.3) is 0 Å². The van der Waals surface area contributed by atoms with Gasteiger partial charge in [-0.1, -0.05) is 113 Å². The van der Waals surface area contributed by atoms with Gasteiger partial charge in [-0.2, -0.15) is 0 Å². The van der Waals surface area contributed by atoms with Crippen molar-refractivity contribution in [2.24, 2.45) is 10.8 Å². The first-order chi connectivity index (χ1) is 34.0. The van der Waals surface area contributed by atoms with Gasteiger partial charge < -0.3 is 51.2 Å². The normalized spacial score (nSPS) is 29.3. The van der Waals surface area contributed by atoms with E-state index >= 15 is 0 Å². The molecule has 14 nitrogen and oxygen atoms in total. The molecule has 6 N–H and O–H groups in total. The third kappa shape index (κ3) is 11.6. The largest absolute Gasteiger partial charge is 0.367 e. The number of thiocarbonyl (C=S) groups is 2. The van der Waals surface area contributed by atoms with Gasteiger partial charge in [0.1, 0.15) is 37.4 Å². The number of nitrogens with zero attached hydrogens (tertiary/aromatic N) is 2. The van der Waals surface area contributed by atoms with Gasteiger partial charge in [-0.05, 0) is 103 Å². The quantitative estimate of drug-likeness (QED) is 0.118. The Hall–Kier alpha value is -4.24. The Morgan fingerprint density at radius 1 is 0.718 bits per heavy atom. The second kappa shape index (κ2) is 22.9. The lowest BCUT2D eigenvalue weighted by Gasteiger charge is -2.35. The van der Waals surface area contributed by atoms with E-state index in [1.807, 2.05) is 62.3 Å². The number of hydrogen-bond donors (Lipinski definition) is 6. The first-order valence-electron chi connectivity index (χ1n) is 24.8. The van der Waals surface area contributed by atoms with E-state index in [4.69, 9.17) is 33.9 Å². The molecule has 4 heterocycles. The van der Waals surface area contributed by atoms with E-state index in [2.05, 4.69) is 95.4 Å². The number of carbonyl (C=O) groups is 4. The van der Waals surface area contributed by atoms with E-state index in [0.717, 1.165) is 33.8 Å². The number of likely N-dealkylation sites (N-methyl/N-ethyl adjacent to an activating group) is 2. The number of fused-ring (bicyclic) bond motifs is 4. The molecular formula is C53H68N8O6S4. The maximum atomic E-state index is 14.6. The average molecular weight is 1040 g/mol. The number of benzene rings is 2. The van der Waals surface area contributed by atoms with Crippen molar-refractivity contribution in [3.63, 3.8) is 0 Å². The Balaban J connectivity index is 0.888. The molecule has 11 atom stereocenters. The average Bonchev–Trinajstić information content (AvgIpc) is 3.98. The van der Waals surface area contributed by atoms with Gasteiger partial charge in [0, 0.05) is 19.4 Å². The minimum absolute atomic E-state index is 0.0923. The molecule has 71 heavy (non-hydrogen) atoms. The molecule has 2 aliphatic carbocycles. The monoisotopic (exact) mass is 1040 g/mol. The van der Waals surface area contributed by atoms with Gasteiger partial charge in [0.2, 0.25) is 23.6 Å². The van der Waals surface area contributed by atoms with Crippen molar-refractivity contribution in [2.45, 2.75) is 138 Å². The summed E-state index contributed by atoms with van der Waals surface area (Å²) in [4.78, 5) is 62.3. The lowest BCUT2D eigenvalue weighted by atomic mass is 9.83. The van der Waals surface area contributed by atoms with Crippen molar-refractivity contribution < 1.29 is 28.7 Å². The standard InChI is InChI=1S/C53H68N8O6S4/c1-31(55-7)49(69)57-37-21-25-71-42-29-53(4,5)46(61(42)51(37)65)48(63)59-44-35-19-13-11-17-33(35)27-39(44)67-23-15-9-8-14-22-66-38-26-32-16-10-12-18-34(32)43(38)58-47(62)45-52(2,3)28-41-60(45)50(64)36(20-24-70-41)56-40(68)30-54-6/h10-13,16-19,31,36-39,41-46,54-55H,20-30H2,1-7H3,(H,56,68)(H,57,69)(H,58,62)(H,59,63)/t31-,36-,37-,38+,39+,41-,42-,43-,44-,45+,46+/m0/s1. The number of nitrogens with one attached hydrogen (secondary N) is 6. The minimum atomic E-state index is -0.679. The van der Waals surface area contributed by atoms with Gasteiger partial charge in [-0.3, -0.25) is 19.2 Å². The first-order valence-corrected chi connectivity index (χ1v) is 27.7. The molecule has 0 aromatic heterocycles. The SMILES string of the molecule is CNCC(=S)N[C@H]1CCS[C@H]2CC(C)(C)[C@@H](C(=O)N[C@H]3c4ccccc4C[C@H]3OCC#CC#CCO[C@@H]3Cc4ccccc4[C@@H]3NC(=O)[C@H]3N4C(=O)[C@@H](NC(=S)[C@H](C)NC)CCS[C@H]4CC3(C)C)N2C1=O. The molecule has 0 unspecified atom stereocenters. The summed E-state index contributed by atoms with van der Waals surface area (Å²) in [6.07, 6.45) is 3.11. The fourth-order valence-corrected chi connectivity index (χ4v) is 14.9. The van der Waals surface area contributed by atoms with E-state index in [1.54, 1.807) is 28.4 Å². The molecule has 380 valence electrons. The van der Waals surface area contributed by atoms with Gasteiger partial charge in [-0.15, -0.1) is 23.5 Å². The zero-order valence-corrected chi connectivity index (χ0v) is 45.0. The van der Waals surface area contributed by atoms with Crippen LogP contribution in [0.4, 0.5) is 0 Å². The lowest BCUT2D eigenvalue weighted by Crippen LogP contribution is -2.58. The van der Waals surface area contributed by atoms with Crippen LogP contribution < -0.4 is 31.9 Å². The third-order valence-electron chi connectivity index (χ3n) is 14.8. The number of hydrogen-bond acceptors (Lipinski definition) is 12. The molecule has 4 amide bonds. The Morgan fingerprint density at radius 3 is 1.62 bits per heavy atom. The number of carbonyl (C=O) groups excluding carboxylic acids is 4. The number of rotatable bonds is 14. The van der Waals surface area contributed by atoms with Crippen LogP contribution in [0.25, 0.3) is 0 Å². The lowest BCUT2D eigenvalue weighted by molar-refractivity contribution is -0.143. The van der Waals surface area contributed by atoms with Crippen LogP contribution in [-0.4, -0.2) is 142 Å². The molecule has 0 radical (unpaired) electrons. The molecule has 4 fully saturated rings. The highest BCUT2D eigenvalue weighted by molar-refractivity contribution is 8.00. The van der Waals surface area contributed by atoms with Gasteiger partial charge in [0.15, 0.2) is 0 Å². The van der Waals surface area contributed by atoms with Crippen molar-refractivity contribution in [2.75, 3.05) is 45.4 Å². The number of thioether (sulfide) groups is 2. The van der Waals surface area contributed by atoms with Crippen molar-refractivity contribution in [3.05, 3.63) is 70.8 Å². The van der Waals surface area contributed by atoms with E-state index in [1.165, 1.54) is 0 Å². The van der Waals surface area contributed by atoms with Crippen molar-refractivity contribution in [1.82, 2.24) is 41.7 Å². The topological polar surface area (TPSA) is 165 Å². The summed E-state index contributed by atoms with van der Waals surface area (Å²) in [6.45, 7) is 10.9. The summed E-state index contributed by atoms with van der Waals surface area (Å²) in [5.41, 5.74) is 3.24. The van der Waals surface area contributed by atoms with Gasteiger partial charge in [0.05, 0.1) is 51.1 Å². The van der Waals surface area contributed by atoms with Crippen LogP contribution in [-0.2, 0) is 41.5 Å². The van der Waals surface area contributed by atoms with E-state index in [0.29, 0.717) is 55.0 Å². The van der Waals surface area contributed by atoms with Crippen LogP contribution >= 0.6 is 48.0 Å². The molecule has 2 aromatic rings. The van der Waals surface area contributed by atoms with Crippen molar-refractivity contribution in [3.8, 4) is 23.7 Å². The second-order valence-corrected chi connectivity index (χ2v) is 24.2. The molecule has 2 aromatic carbocycles. The predicted molar refractivity (Wildman–Crippen MR) is 288 cm³/mol. The van der Waals surface area contributed by atoms with Crippen LogP contribution in [0, 0.1) is 34.5 Å². The smallest absolute Gasteiger partial charge is 0.246 e. The molecule has 6 aliphatic rings. The highest BCUT2D eigenvalue weighted by Gasteiger charge is 2.56. The summed E-state index contributed by atoms with van der Waals surface area (Å²) in [6, 6.07) is 12.8. The molecule has 0 saturated carbocycles. The fraction of sp³-hybridized carbons (Fsp3) is 0.585. The van der Waals surface area contributed by atoms with E-state index in [9.17, 15) is 19.2 Å². The maximum Gasteiger partial charge on any atom is 0.246 e. The van der Waals surface area contributed by atoms with Gasteiger partial charge in [-0.25, -0.2) is 0 Å². The van der Waals surface area contributed by atoms with E-state index in [-0.39, 0.29) is 65.8 Å². The highest BCUT2D eigenvalue weighted by atomic mass is 32.2. The fourth-order valence-electron chi connectivity index (χ4n) is 11.2. The molecule has 18 heteroatoms. The van der Waals surface area contributed by atoms with Crippen LogP contribution in [0.2, 0.25) is 0 Å². The first kappa shape index (κ1) is 53.1. The molecule has 4 saturated heterocycles. The predicted octanol–water partition coefficient (Wildman–Crippen LogP) is 4.17. The van der Waals surface area contributed by atoms with Crippen LogP contribution in [0.5, 0.6) is 0 Å². The molecule has 8 rings (SSSR count). The van der Waals surface area contributed by atoms with Crippen molar-refractivity contribution in [1.29, 1.82) is 0 Å². The molecule has 0 bridgehead atoms. The summed E-state index contributed by atoms with van der Waals surface area (Å²) in [5, 5.41) is 19.2. The molecule has 4 aliphatic heterocycles. The van der Waals surface area contributed by atoms with Crippen molar-refractivity contribution >= 4 is 81.6 Å². The second-order valence-electron chi connectivity index (χ2n) is 20.7. The van der Waals surface area contributed by atoms with Crippen LogP contribution in [0.15, 0.2) is 48.5 Å². The zero-order valence-electron chi connectivity index (χ0n) is 41.7. The number of ether oxygens (including phenoxy) is 2. The minimum Gasteiger partial charge on any atom is -0.367 e. The number of amides is 4. The highest BCUT2D eigenvalue weighted by Crippen LogP contribution is 2.48. The Bertz CT molecular complexity index is 2500. The molecular weight excluding hydrogens is 973 g/mol. The Kier molecular flexibility index (Phi) is 17.1. The Labute approximate surface area is 438 Å². The van der Waals surface area contributed by atoms with Crippen LogP contribution in [0.1, 0.15) is 94.6 Å². The third-order valence-corrected chi connectivity index (χ3v) is 18.1. The van der Waals surface area contributed by atoms with Gasteiger partial charge >= 0.3 is 0 Å². The Morgan fingerprint density at radius 2 is 1.17 bits per heavy atom. The summed E-state index contributed by atoms with van der Waals surface area (Å²) in [7, 11) is 3.65.